The van der Waals surface area contributed by atoms with E-state index < -0.39 is 5.82 Å². The molecule has 2 aromatic heterocycles. The maximum Gasteiger partial charge on any atom is 0.257 e. The number of hydrogen-bond acceptors (Lipinski definition) is 5. The summed E-state index contributed by atoms with van der Waals surface area (Å²) in [4.78, 5) is 24.4. The van der Waals surface area contributed by atoms with E-state index in [1.165, 1.54) is 12.1 Å². The van der Waals surface area contributed by atoms with Crippen LogP contribution in [0.1, 0.15) is 54.2 Å². The smallest absolute Gasteiger partial charge is 0.257 e. The Labute approximate surface area is 180 Å². The fraction of sp³-hybridized carbons (Fsp3) is 0.333. The quantitative estimate of drug-likeness (QED) is 0.639. The van der Waals surface area contributed by atoms with Gasteiger partial charge in [0.25, 0.3) is 5.91 Å². The number of pyridine rings is 2. The summed E-state index contributed by atoms with van der Waals surface area (Å²) in [5.74, 6) is -0.660. The molecule has 0 aliphatic carbocycles. The van der Waals surface area contributed by atoms with Crippen molar-refractivity contribution in [2.24, 2.45) is 0 Å². The number of rotatable bonds is 4. The zero-order valence-corrected chi connectivity index (χ0v) is 17.7. The molecule has 31 heavy (non-hydrogen) atoms. The number of piperidine rings is 1. The average Bonchev–Trinajstić information content (AvgIpc) is 2.79. The maximum absolute atomic E-state index is 13.8. The van der Waals surface area contributed by atoms with Crippen LogP contribution in [0.15, 0.2) is 36.5 Å². The monoisotopic (exact) mass is 417 g/mol. The lowest BCUT2D eigenvalue weighted by atomic mass is 9.98. The molecule has 158 valence electrons. The molecule has 1 saturated heterocycles. The first-order chi connectivity index (χ1) is 15.0. The molecule has 1 aliphatic rings. The van der Waals surface area contributed by atoms with E-state index in [0.717, 1.165) is 37.9 Å². The van der Waals surface area contributed by atoms with Crippen LogP contribution in [-0.4, -0.2) is 33.4 Å². The normalized spacial score (nSPS) is 16.2. The minimum atomic E-state index is -0.583. The molecule has 1 aromatic carbocycles. The molecule has 1 atom stereocenters. The molecule has 1 amide bonds. The predicted octanol–water partition coefficient (Wildman–Crippen LogP) is 5.10. The van der Waals surface area contributed by atoms with Crippen molar-refractivity contribution in [2.75, 3.05) is 11.9 Å². The number of carbonyl (C=O) groups excluding carboxylic acids is 1. The Balaban J connectivity index is 1.83. The van der Waals surface area contributed by atoms with Crippen molar-refractivity contribution in [3.63, 3.8) is 0 Å². The molecule has 0 bridgehead atoms. The Kier molecular flexibility index (Phi) is 5.81. The van der Waals surface area contributed by atoms with Crippen LogP contribution in [0.4, 0.5) is 15.8 Å². The molecule has 0 unspecified atom stereocenters. The first-order valence-corrected chi connectivity index (χ1v) is 10.6. The van der Waals surface area contributed by atoms with Crippen molar-refractivity contribution in [1.29, 1.82) is 5.26 Å². The van der Waals surface area contributed by atoms with Crippen molar-refractivity contribution in [3.05, 3.63) is 59.2 Å². The third-order valence-corrected chi connectivity index (χ3v) is 5.81. The van der Waals surface area contributed by atoms with E-state index in [9.17, 15) is 14.4 Å². The number of fused-ring (bicyclic) bond motifs is 1. The first-order valence-electron chi connectivity index (χ1n) is 10.6. The van der Waals surface area contributed by atoms with Gasteiger partial charge in [-0.1, -0.05) is 6.92 Å². The van der Waals surface area contributed by atoms with Gasteiger partial charge in [0.2, 0.25) is 0 Å². The predicted molar refractivity (Wildman–Crippen MR) is 118 cm³/mol. The molecule has 1 aliphatic heterocycles. The summed E-state index contributed by atoms with van der Waals surface area (Å²) in [6.07, 6.45) is 5.57. The van der Waals surface area contributed by atoms with Gasteiger partial charge in [0.1, 0.15) is 11.9 Å². The van der Waals surface area contributed by atoms with Gasteiger partial charge >= 0.3 is 0 Å². The molecule has 3 heterocycles. The Morgan fingerprint density at radius 1 is 1.32 bits per heavy atom. The number of benzene rings is 1. The van der Waals surface area contributed by atoms with Gasteiger partial charge in [-0.25, -0.2) is 14.4 Å². The third kappa shape index (κ3) is 4.06. The minimum absolute atomic E-state index is 0.0627. The highest BCUT2D eigenvalue weighted by Crippen LogP contribution is 2.32. The van der Waals surface area contributed by atoms with Crippen LogP contribution in [0.3, 0.4) is 0 Å². The molecule has 6 nitrogen and oxygen atoms in total. The lowest BCUT2D eigenvalue weighted by Gasteiger charge is -2.35. The van der Waals surface area contributed by atoms with Crippen molar-refractivity contribution < 1.29 is 9.18 Å². The molecule has 1 N–H and O–H groups in total. The zero-order valence-electron chi connectivity index (χ0n) is 17.7. The highest BCUT2D eigenvalue weighted by Gasteiger charge is 2.29. The molecule has 0 saturated carbocycles. The van der Waals surface area contributed by atoms with Gasteiger partial charge in [0.05, 0.1) is 16.8 Å². The number of halogens is 1. The summed E-state index contributed by atoms with van der Waals surface area (Å²) in [7, 11) is 0. The van der Waals surface area contributed by atoms with Crippen LogP contribution in [-0.2, 0) is 0 Å². The summed E-state index contributed by atoms with van der Waals surface area (Å²) in [6, 6.07) is 10.0. The number of nitrogens with zero attached hydrogens (tertiary/aromatic N) is 4. The molecule has 1 fully saturated rings. The van der Waals surface area contributed by atoms with Crippen molar-refractivity contribution in [1.82, 2.24) is 14.9 Å². The SMILES string of the molecule is CC[C@@H]1CCCCN1C(=O)c1cnc2nc(C)ccc2c1Nc1ccc(F)c(C#N)c1. The number of aromatic nitrogens is 2. The van der Waals surface area contributed by atoms with Gasteiger partial charge in [-0.3, -0.25) is 4.79 Å². The van der Waals surface area contributed by atoms with Gasteiger partial charge in [0.15, 0.2) is 5.65 Å². The van der Waals surface area contributed by atoms with Crippen molar-refractivity contribution >= 4 is 28.3 Å². The summed E-state index contributed by atoms with van der Waals surface area (Å²) < 4.78 is 13.8. The van der Waals surface area contributed by atoms with Gasteiger partial charge in [-0.05, 0) is 62.9 Å². The fourth-order valence-corrected chi connectivity index (χ4v) is 4.15. The lowest BCUT2D eigenvalue weighted by Crippen LogP contribution is -2.43. The number of hydrogen-bond donors (Lipinski definition) is 1. The Morgan fingerprint density at radius 2 is 2.16 bits per heavy atom. The summed E-state index contributed by atoms with van der Waals surface area (Å²) in [6.45, 7) is 4.70. The second kappa shape index (κ2) is 8.68. The average molecular weight is 417 g/mol. The number of likely N-dealkylation sites (tertiary alicyclic amines) is 1. The molecular formula is C24H24FN5O. The molecule has 3 aromatic rings. The van der Waals surface area contributed by atoms with Gasteiger partial charge in [-0.15, -0.1) is 0 Å². The largest absolute Gasteiger partial charge is 0.354 e. The van der Waals surface area contributed by atoms with E-state index in [1.54, 1.807) is 12.3 Å². The van der Waals surface area contributed by atoms with E-state index in [0.29, 0.717) is 28.0 Å². The van der Waals surface area contributed by atoms with Gasteiger partial charge in [-0.2, -0.15) is 5.26 Å². The van der Waals surface area contributed by atoms with E-state index in [-0.39, 0.29) is 17.5 Å². The van der Waals surface area contributed by atoms with E-state index in [1.807, 2.05) is 30.0 Å². The minimum Gasteiger partial charge on any atom is -0.354 e. The number of aryl methyl sites for hydroxylation is 1. The maximum atomic E-state index is 13.8. The standard InChI is InChI=1S/C24H24FN5O/c1-3-18-6-4-5-11-30(18)24(31)20-14-27-23-19(9-7-15(2)28-23)22(20)29-17-8-10-21(25)16(12-17)13-26/h7-10,12,14,18H,3-6,11H2,1-2H3,(H,27,28,29)/t18-/m1/s1. The van der Waals surface area contributed by atoms with Crippen molar-refractivity contribution in [3.8, 4) is 6.07 Å². The Bertz CT molecular complexity index is 1190. The molecule has 0 radical (unpaired) electrons. The molecular weight excluding hydrogens is 393 g/mol. The highest BCUT2D eigenvalue weighted by molar-refractivity contribution is 6.07. The summed E-state index contributed by atoms with van der Waals surface area (Å²) >= 11 is 0. The summed E-state index contributed by atoms with van der Waals surface area (Å²) in [5, 5.41) is 13.1. The number of nitriles is 1. The highest BCUT2D eigenvalue weighted by atomic mass is 19.1. The van der Waals surface area contributed by atoms with Gasteiger partial charge < -0.3 is 10.2 Å². The van der Waals surface area contributed by atoms with Crippen molar-refractivity contribution in [2.45, 2.75) is 45.6 Å². The van der Waals surface area contributed by atoms with Crippen LogP contribution in [0.5, 0.6) is 0 Å². The molecule has 7 heteroatoms. The second-order valence-electron chi connectivity index (χ2n) is 7.86. The molecule has 4 rings (SSSR count). The van der Waals surface area contributed by atoms with Gasteiger partial charge in [0, 0.05) is 35.6 Å². The molecule has 0 spiro atoms. The van der Waals surface area contributed by atoms with E-state index in [4.69, 9.17) is 0 Å². The second-order valence-corrected chi connectivity index (χ2v) is 7.86. The Morgan fingerprint density at radius 3 is 2.94 bits per heavy atom. The lowest BCUT2D eigenvalue weighted by molar-refractivity contribution is 0.0609. The Hall–Kier alpha value is -3.53. The third-order valence-electron chi connectivity index (χ3n) is 5.81. The van der Waals surface area contributed by atoms with E-state index >= 15 is 0 Å². The van der Waals surface area contributed by atoms with Crippen LogP contribution in [0, 0.1) is 24.1 Å². The fourth-order valence-electron chi connectivity index (χ4n) is 4.15. The van der Waals surface area contributed by atoms with Crippen LogP contribution >= 0.6 is 0 Å². The van der Waals surface area contributed by atoms with Crippen LogP contribution in [0.2, 0.25) is 0 Å². The first kappa shape index (κ1) is 20.7. The topological polar surface area (TPSA) is 81.9 Å². The van der Waals surface area contributed by atoms with Crippen LogP contribution in [0.25, 0.3) is 11.0 Å². The number of nitrogens with one attached hydrogen (secondary N) is 1. The number of anilines is 2. The zero-order chi connectivity index (χ0) is 22.0. The summed E-state index contributed by atoms with van der Waals surface area (Å²) in [5.41, 5.74) is 2.81. The number of amides is 1. The van der Waals surface area contributed by atoms with E-state index in [2.05, 4.69) is 22.2 Å². The van der Waals surface area contributed by atoms with Crippen LogP contribution < -0.4 is 5.32 Å². The number of carbonyl (C=O) groups is 1.